The minimum absolute atomic E-state index is 0.506. The van der Waals surface area contributed by atoms with Crippen molar-refractivity contribution in [1.82, 2.24) is 20.3 Å². The molecule has 2 heterocycles. The number of hydrogen-bond acceptors (Lipinski definition) is 4. The topological polar surface area (TPSA) is 55.9 Å². The third-order valence-electron chi connectivity index (χ3n) is 3.77. The van der Waals surface area contributed by atoms with Gasteiger partial charge in [0.05, 0.1) is 17.4 Å². The molecule has 0 unspecified atom stereocenters. The van der Waals surface area contributed by atoms with Crippen molar-refractivity contribution in [2.75, 3.05) is 0 Å². The lowest BCUT2D eigenvalue weighted by Gasteiger charge is -2.12. The standard InChI is InChI=1S/C15H24N4O/c1-5-14(6-2)19-8-7-13(17-19)9-16-10-15-11(3)18-20-12(15)4/h7-8,14,16H,5-6,9-10H2,1-4H3. The highest BCUT2D eigenvalue weighted by Crippen LogP contribution is 2.15. The summed E-state index contributed by atoms with van der Waals surface area (Å²) in [7, 11) is 0. The van der Waals surface area contributed by atoms with Gasteiger partial charge < -0.3 is 9.84 Å². The van der Waals surface area contributed by atoms with Gasteiger partial charge in [-0.05, 0) is 32.8 Å². The number of aryl methyl sites for hydroxylation is 2. The summed E-state index contributed by atoms with van der Waals surface area (Å²) in [5, 5.41) is 12.0. The number of hydrogen-bond donors (Lipinski definition) is 1. The summed E-state index contributed by atoms with van der Waals surface area (Å²) in [6.07, 6.45) is 4.30. The Morgan fingerprint density at radius 1 is 1.25 bits per heavy atom. The molecule has 20 heavy (non-hydrogen) atoms. The molecule has 0 bridgehead atoms. The van der Waals surface area contributed by atoms with Gasteiger partial charge in [0.1, 0.15) is 5.76 Å². The molecular formula is C15H24N4O. The molecule has 0 amide bonds. The summed E-state index contributed by atoms with van der Waals surface area (Å²) in [4.78, 5) is 0. The van der Waals surface area contributed by atoms with Crippen LogP contribution in [0.1, 0.15) is 55.4 Å². The van der Waals surface area contributed by atoms with Crippen molar-refractivity contribution in [3.63, 3.8) is 0 Å². The highest BCUT2D eigenvalue weighted by molar-refractivity contribution is 5.20. The number of rotatable bonds is 7. The molecule has 0 aromatic carbocycles. The van der Waals surface area contributed by atoms with Crippen LogP contribution < -0.4 is 5.32 Å². The molecule has 0 fully saturated rings. The first-order chi connectivity index (χ1) is 9.65. The van der Waals surface area contributed by atoms with E-state index in [2.05, 4.69) is 46.4 Å². The largest absolute Gasteiger partial charge is 0.361 e. The van der Waals surface area contributed by atoms with Crippen LogP contribution >= 0.6 is 0 Å². The quantitative estimate of drug-likeness (QED) is 0.844. The second kappa shape index (κ2) is 6.70. The van der Waals surface area contributed by atoms with Crippen molar-refractivity contribution < 1.29 is 4.52 Å². The Hall–Kier alpha value is -1.62. The maximum atomic E-state index is 5.15. The fraction of sp³-hybridized carbons (Fsp3) is 0.600. The summed E-state index contributed by atoms with van der Waals surface area (Å²) in [5.41, 5.74) is 3.17. The van der Waals surface area contributed by atoms with Crippen molar-refractivity contribution in [2.24, 2.45) is 0 Å². The molecule has 0 saturated heterocycles. The van der Waals surface area contributed by atoms with Gasteiger partial charge in [0.25, 0.3) is 0 Å². The van der Waals surface area contributed by atoms with Crippen LogP contribution in [-0.4, -0.2) is 14.9 Å². The van der Waals surface area contributed by atoms with E-state index in [1.165, 1.54) is 0 Å². The van der Waals surface area contributed by atoms with Gasteiger partial charge >= 0.3 is 0 Å². The Kier molecular flexibility index (Phi) is 4.95. The van der Waals surface area contributed by atoms with Gasteiger partial charge in [-0.15, -0.1) is 0 Å². The third kappa shape index (κ3) is 3.28. The smallest absolute Gasteiger partial charge is 0.138 e. The van der Waals surface area contributed by atoms with Crippen molar-refractivity contribution >= 4 is 0 Å². The van der Waals surface area contributed by atoms with Gasteiger partial charge in [-0.3, -0.25) is 4.68 Å². The van der Waals surface area contributed by atoms with Gasteiger partial charge in [-0.25, -0.2) is 0 Å². The van der Waals surface area contributed by atoms with Crippen molar-refractivity contribution in [3.05, 3.63) is 35.0 Å². The predicted molar refractivity (Wildman–Crippen MR) is 78.4 cm³/mol. The van der Waals surface area contributed by atoms with Crippen LogP contribution in [0.4, 0.5) is 0 Å². The second-order valence-electron chi connectivity index (χ2n) is 5.16. The second-order valence-corrected chi connectivity index (χ2v) is 5.16. The third-order valence-corrected chi connectivity index (χ3v) is 3.77. The van der Waals surface area contributed by atoms with Crippen molar-refractivity contribution in [2.45, 2.75) is 59.7 Å². The fourth-order valence-electron chi connectivity index (χ4n) is 2.41. The molecule has 0 saturated carbocycles. The zero-order chi connectivity index (χ0) is 14.5. The molecular weight excluding hydrogens is 252 g/mol. The Balaban J connectivity index is 1.89. The van der Waals surface area contributed by atoms with E-state index in [1.807, 2.05) is 13.8 Å². The molecule has 2 rings (SSSR count). The Morgan fingerprint density at radius 2 is 2.00 bits per heavy atom. The molecule has 110 valence electrons. The minimum Gasteiger partial charge on any atom is -0.361 e. The molecule has 2 aromatic rings. The van der Waals surface area contributed by atoms with E-state index in [1.54, 1.807) is 0 Å². The molecule has 5 heteroatoms. The van der Waals surface area contributed by atoms with Crippen LogP contribution in [0.2, 0.25) is 0 Å². The number of nitrogens with one attached hydrogen (secondary N) is 1. The van der Waals surface area contributed by atoms with E-state index in [0.717, 1.165) is 48.6 Å². The van der Waals surface area contributed by atoms with Gasteiger partial charge in [-0.2, -0.15) is 5.10 Å². The normalized spacial score (nSPS) is 11.4. The molecule has 0 atom stereocenters. The van der Waals surface area contributed by atoms with E-state index < -0.39 is 0 Å². The minimum atomic E-state index is 0.506. The van der Waals surface area contributed by atoms with E-state index in [-0.39, 0.29) is 0 Å². The maximum Gasteiger partial charge on any atom is 0.138 e. The highest BCUT2D eigenvalue weighted by Gasteiger charge is 2.10. The Labute approximate surface area is 120 Å². The monoisotopic (exact) mass is 276 g/mol. The van der Waals surface area contributed by atoms with E-state index >= 15 is 0 Å². The molecule has 5 nitrogen and oxygen atoms in total. The maximum absolute atomic E-state index is 5.15. The number of aromatic nitrogens is 3. The lowest BCUT2D eigenvalue weighted by atomic mass is 10.2. The summed E-state index contributed by atoms with van der Waals surface area (Å²) in [6.45, 7) is 9.83. The summed E-state index contributed by atoms with van der Waals surface area (Å²) < 4.78 is 7.23. The lowest BCUT2D eigenvalue weighted by Crippen LogP contribution is -2.15. The average molecular weight is 276 g/mol. The zero-order valence-corrected chi connectivity index (χ0v) is 12.8. The van der Waals surface area contributed by atoms with Gasteiger partial charge in [-0.1, -0.05) is 19.0 Å². The molecule has 0 aliphatic carbocycles. The lowest BCUT2D eigenvalue weighted by molar-refractivity contribution is 0.391. The molecule has 0 aliphatic heterocycles. The summed E-state index contributed by atoms with van der Waals surface area (Å²) >= 11 is 0. The van der Waals surface area contributed by atoms with Gasteiger partial charge in [0.2, 0.25) is 0 Å². The van der Waals surface area contributed by atoms with Crippen LogP contribution in [0.3, 0.4) is 0 Å². The van der Waals surface area contributed by atoms with Crippen LogP contribution in [-0.2, 0) is 13.1 Å². The van der Waals surface area contributed by atoms with Crippen LogP contribution in [0.5, 0.6) is 0 Å². The van der Waals surface area contributed by atoms with Crippen molar-refractivity contribution in [3.8, 4) is 0 Å². The molecule has 0 aliphatic rings. The van der Waals surface area contributed by atoms with Crippen LogP contribution in [0.15, 0.2) is 16.8 Å². The first-order valence-electron chi connectivity index (χ1n) is 7.32. The molecule has 0 spiro atoms. The molecule has 1 N–H and O–H groups in total. The van der Waals surface area contributed by atoms with Crippen LogP contribution in [0.25, 0.3) is 0 Å². The Bertz CT molecular complexity index is 520. The fourth-order valence-corrected chi connectivity index (χ4v) is 2.41. The highest BCUT2D eigenvalue weighted by atomic mass is 16.5. The first kappa shape index (κ1) is 14.8. The van der Waals surface area contributed by atoms with E-state index in [9.17, 15) is 0 Å². The van der Waals surface area contributed by atoms with Gasteiger partial charge in [0.15, 0.2) is 0 Å². The average Bonchev–Trinajstić information content (AvgIpc) is 3.02. The first-order valence-corrected chi connectivity index (χ1v) is 7.32. The summed E-state index contributed by atoms with van der Waals surface area (Å²) in [5.74, 6) is 0.887. The summed E-state index contributed by atoms with van der Waals surface area (Å²) in [6, 6.07) is 2.59. The van der Waals surface area contributed by atoms with E-state index in [0.29, 0.717) is 6.04 Å². The Morgan fingerprint density at radius 3 is 2.60 bits per heavy atom. The SMILES string of the molecule is CCC(CC)n1ccc(CNCc2c(C)noc2C)n1. The van der Waals surface area contributed by atoms with Gasteiger partial charge in [0, 0.05) is 24.8 Å². The predicted octanol–water partition coefficient (Wildman–Crippen LogP) is 3.14. The van der Waals surface area contributed by atoms with Crippen molar-refractivity contribution in [1.29, 1.82) is 0 Å². The molecule has 0 radical (unpaired) electrons. The number of nitrogens with zero attached hydrogens (tertiary/aromatic N) is 3. The van der Waals surface area contributed by atoms with Crippen LogP contribution in [0, 0.1) is 13.8 Å². The van der Waals surface area contributed by atoms with E-state index in [4.69, 9.17) is 4.52 Å². The zero-order valence-electron chi connectivity index (χ0n) is 12.8. The molecule has 2 aromatic heterocycles.